The Balaban J connectivity index is 1.82. The highest BCUT2D eigenvalue weighted by atomic mass is 16.5. The van der Waals surface area contributed by atoms with E-state index in [0.717, 1.165) is 5.69 Å². The van der Waals surface area contributed by atoms with Crippen LogP contribution >= 0.6 is 0 Å². The standard InChI is InChI=1S/C15H25N7O2/c1-6-22(10-11-9-21(5)20-18-11)14(23)16-8-7-12-17-13(24-19-12)15(2,3)4/h9H,6-8,10H2,1-5H3,(H,16,23). The van der Waals surface area contributed by atoms with E-state index in [-0.39, 0.29) is 11.4 Å². The van der Waals surface area contributed by atoms with Crippen molar-refractivity contribution in [1.29, 1.82) is 0 Å². The average molecular weight is 335 g/mol. The van der Waals surface area contributed by atoms with Crippen LogP contribution in [0.2, 0.25) is 0 Å². The highest BCUT2D eigenvalue weighted by Crippen LogP contribution is 2.19. The molecular formula is C15H25N7O2. The first-order valence-corrected chi connectivity index (χ1v) is 8.00. The average Bonchev–Trinajstić information content (AvgIpc) is 3.13. The Kier molecular flexibility index (Phi) is 5.53. The summed E-state index contributed by atoms with van der Waals surface area (Å²) < 4.78 is 6.85. The number of urea groups is 1. The minimum absolute atomic E-state index is 0.150. The highest BCUT2D eigenvalue weighted by Gasteiger charge is 2.21. The van der Waals surface area contributed by atoms with Crippen LogP contribution in [0.4, 0.5) is 4.79 Å². The van der Waals surface area contributed by atoms with Crippen molar-refractivity contribution >= 4 is 6.03 Å². The quantitative estimate of drug-likeness (QED) is 0.853. The molecule has 0 saturated heterocycles. The van der Waals surface area contributed by atoms with Crippen molar-refractivity contribution in [3.8, 4) is 0 Å². The van der Waals surface area contributed by atoms with Crippen molar-refractivity contribution < 1.29 is 9.32 Å². The van der Waals surface area contributed by atoms with Crippen LogP contribution in [0.3, 0.4) is 0 Å². The molecule has 132 valence electrons. The minimum atomic E-state index is -0.176. The number of nitrogens with one attached hydrogen (secondary N) is 1. The van der Waals surface area contributed by atoms with E-state index in [1.54, 1.807) is 22.8 Å². The SMILES string of the molecule is CCN(Cc1cn(C)nn1)C(=O)NCCc1noc(C(C)(C)C)n1. The second kappa shape index (κ2) is 7.41. The van der Waals surface area contributed by atoms with E-state index in [1.807, 2.05) is 27.7 Å². The number of amides is 2. The van der Waals surface area contributed by atoms with Gasteiger partial charge in [0, 0.05) is 38.2 Å². The van der Waals surface area contributed by atoms with Gasteiger partial charge in [0.05, 0.1) is 6.54 Å². The number of aromatic nitrogens is 5. The summed E-state index contributed by atoms with van der Waals surface area (Å²) in [4.78, 5) is 18.3. The van der Waals surface area contributed by atoms with Gasteiger partial charge in [0.1, 0.15) is 5.69 Å². The monoisotopic (exact) mass is 335 g/mol. The lowest BCUT2D eigenvalue weighted by Gasteiger charge is -2.19. The molecule has 0 aliphatic rings. The van der Waals surface area contributed by atoms with Gasteiger partial charge in [0.2, 0.25) is 5.89 Å². The van der Waals surface area contributed by atoms with E-state index in [4.69, 9.17) is 4.52 Å². The number of carbonyl (C=O) groups excluding carboxylic acids is 1. The predicted octanol–water partition coefficient (Wildman–Crippen LogP) is 1.27. The Morgan fingerprint density at radius 3 is 2.71 bits per heavy atom. The Labute approximate surface area is 141 Å². The van der Waals surface area contributed by atoms with E-state index in [9.17, 15) is 4.79 Å². The molecule has 0 radical (unpaired) electrons. The van der Waals surface area contributed by atoms with Gasteiger partial charge >= 0.3 is 6.03 Å². The van der Waals surface area contributed by atoms with Crippen LogP contribution in [0.15, 0.2) is 10.7 Å². The summed E-state index contributed by atoms with van der Waals surface area (Å²) in [7, 11) is 1.80. The molecule has 0 unspecified atom stereocenters. The van der Waals surface area contributed by atoms with Crippen molar-refractivity contribution in [2.45, 2.75) is 46.1 Å². The second-order valence-corrected chi connectivity index (χ2v) is 6.65. The van der Waals surface area contributed by atoms with E-state index < -0.39 is 0 Å². The molecule has 2 aromatic rings. The molecule has 0 fully saturated rings. The molecule has 0 aromatic carbocycles. The lowest BCUT2D eigenvalue weighted by Crippen LogP contribution is -2.40. The largest absolute Gasteiger partial charge is 0.339 e. The van der Waals surface area contributed by atoms with Gasteiger partial charge in [-0.2, -0.15) is 4.98 Å². The van der Waals surface area contributed by atoms with Gasteiger partial charge in [-0.1, -0.05) is 31.1 Å². The maximum atomic E-state index is 12.2. The number of aryl methyl sites for hydroxylation is 1. The Hall–Kier alpha value is -2.45. The Bertz CT molecular complexity index is 671. The summed E-state index contributed by atoms with van der Waals surface area (Å²) in [5.41, 5.74) is 0.576. The molecule has 0 spiro atoms. The zero-order chi connectivity index (χ0) is 17.7. The maximum absolute atomic E-state index is 12.2. The first-order chi connectivity index (χ1) is 11.3. The summed E-state index contributed by atoms with van der Waals surface area (Å²) in [5, 5.41) is 14.7. The Morgan fingerprint density at radius 1 is 1.42 bits per heavy atom. The number of rotatable bonds is 6. The molecule has 1 N–H and O–H groups in total. The zero-order valence-electron chi connectivity index (χ0n) is 14.9. The van der Waals surface area contributed by atoms with Crippen LogP contribution in [-0.2, 0) is 25.4 Å². The smallest absolute Gasteiger partial charge is 0.317 e. The number of nitrogens with zero attached hydrogens (tertiary/aromatic N) is 6. The van der Waals surface area contributed by atoms with Gasteiger partial charge in [-0.05, 0) is 6.92 Å². The number of hydrogen-bond donors (Lipinski definition) is 1. The summed E-state index contributed by atoms with van der Waals surface area (Å²) in [5.74, 6) is 1.19. The van der Waals surface area contributed by atoms with E-state index in [2.05, 4.69) is 25.8 Å². The topological polar surface area (TPSA) is 102 Å². The van der Waals surface area contributed by atoms with Gasteiger partial charge in [-0.15, -0.1) is 5.10 Å². The van der Waals surface area contributed by atoms with Crippen LogP contribution in [-0.4, -0.2) is 49.2 Å². The van der Waals surface area contributed by atoms with Gasteiger partial charge in [0.25, 0.3) is 0 Å². The lowest BCUT2D eigenvalue weighted by atomic mass is 9.97. The molecule has 9 nitrogen and oxygen atoms in total. The molecule has 0 bridgehead atoms. The summed E-state index contributed by atoms with van der Waals surface area (Å²) in [6, 6.07) is -0.150. The number of carbonyl (C=O) groups is 1. The molecule has 0 aliphatic carbocycles. The second-order valence-electron chi connectivity index (χ2n) is 6.65. The van der Waals surface area contributed by atoms with Gasteiger partial charge in [-0.25, -0.2) is 4.79 Å². The summed E-state index contributed by atoms with van der Waals surface area (Å²) >= 11 is 0. The van der Waals surface area contributed by atoms with E-state index in [0.29, 0.717) is 37.8 Å². The van der Waals surface area contributed by atoms with Crippen LogP contribution < -0.4 is 5.32 Å². The summed E-state index contributed by atoms with van der Waals surface area (Å²) in [6.07, 6.45) is 2.32. The first-order valence-electron chi connectivity index (χ1n) is 8.00. The molecule has 24 heavy (non-hydrogen) atoms. The van der Waals surface area contributed by atoms with Crippen molar-refractivity contribution in [1.82, 2.24) is 35.4 Å². The normalized spacial score (nSPS) is 11.5. The first kappa shape index (κ1) is 17.9. The molecule has 0 saturated carbocycles. The maximum Gasteiger partial charge on any atom is 0.317 e. The van der Waals surface area contributed by atoms with Gasteiger partial charge in [0.15, 0.2) is 5.82 Å². The van der Waals surface area contributed by atoms with Crippen LogP contribution in [0, 0.1) is 0 Å². The zero-order valence-corrected chi connectivity index (χ0v) is 14.9. The van der Waals surface area contributed by atoms with Crippen LogP contribution in [0.1, 0.15) is 45.1 Å². The molecule has 0 atom stereocenters. The fourth-order valence-electron chi connectivity index (χ4n) is 2.04. The van der Waals surface area contributed by atoms with Crippen LogP contribution in [0.5, 0.6) is 0 Å². The number of hydrogen-bond acceptors (Lipinski definition) is 6. The predicted molar refractivity (Wildman–Crippen MR) is 87.2 cm³/mol. The molecule has 2 heterocycles. The third kappa shape index (κ3) is 4.77. The van der Waals surface area contributed by atoms with E-state index >= 15 is 0 Å². The molecule has 9 heteroatoms. The van der Waals surface area contributed by atoms with Crippen molar-refractivity contribution in [2.24, 2.45) is 7.05 Å². The van der Waals surface area contributed by atoms with Crippen LogP contribution in [0.25, 0.3) is 0 Å². The summed E-state index contributed by atoms with van der Waals surface area (Å²) in [6.45, 7) is 9.40. The fourth-order valence-corrected chi connectivity index (χ4v) is 2.04. The van der Waals surface area contributed by atoms with Gasteiger partial charge < -0.3 is 14.7 Å². The Morgan fingerprint density at radius 2 is 2.17 bits per heavy atom. The minimum Gasteiger partial charge on any atom is -0.339 e. The fraction of sp³-hybridized carbons (Fsp3) is 0.667. The molecule has 2 aromatic heterocycles. The molecule has 2 rings (SSSR count). The van der Waals surface area contributed by atoms with Gasteiger partial charge in [-0.3, -0.25) is 4.68 Å². The van der Waals surface area contributed by atoms with Crippen molar-refractivity contribution in [2.75, 3.05) is 13.1 Å². The third-order valence-electron chi connectivity index (χ3n) is 3.41. The molecule has 2 amide bonds. The highest BCUT2D eigenvalue weighted by molar-refractivity contribution is 5.74. The van der Waals surface area contributed by atoms with Crippen molar-refractivity contribution in [3.63, 3.8) is 0 Å². The van der Waals surface area contributed by atoms with Crippen molar-refractivity contribution in [3.05, 3.63) is 23.6 Å². The van der Waals surface area contributed by atoms with E-state index in [1.165, 1.54) is 0 Å². The molecule has 0 aliphatic heterocycles. The third-order valence-corrected chi connectivity index (χ3v) is 3.41. The molecular weight excluding hydrogens is 310 g/mol. The lowest BCUT2D eigenvalue weighted by molar-refractivity contribution is 0.197.